The van der Waals surface area contributed by atoms with Crippen LogP contribution in [0, 0.1) is 5.92 Å². The van der Waals surface area contributed by atoms with Crippen molar-refractivity contribution < 1.29 is 0 Å². The third-order valence-corrected chi connectivity index (χ3v) is 6.72. The highest BCUT2D eigenvalue weighted by molar-refractivity contribution is 7.19. The normalized spacial score (nSPS) is 22.7. The Labute approximate surface area is 148 Å². The van der Waals surface area contributed by atoms with Crippen molar-refractivity contribution in [1.29, 1.82) is 0 Å². The summed E-state index contributed by atoms with van der Waals surface area (Å²) in [6.45, 7) is 8.28. The largest absolute Gasteiger partial charge is 0.367 e. The number of hydrogen-bond acceptors (Lipinski definition) is 5. The van der Waals surface area contributed by atoms with E-state index in [9.17, 15) is 0 Å². The van der Waals surface area contributed by atoms with Gasteiger partial charge in [-0.15, -0.1) is 11.3 Å². The number of nitrogens with zero attached hydrogens (tertiary/aromatic N) is 3. The van der Waals surface area contributed by atoms with Gasteiger partial charge in [0.25, 0.3) is 0 Å². The standard InChI is InChI=1S/C19H28N4S/c1-3-8-23-9-6-14(7-10-23)22-18-17-15-5-4-13(2)11-16(15)24-19(17)21-12-20-18/h12-14H,3-11H2,1-2H3,(H,20,21,22)/t13-/m1/s1. The SMILES string of the molecule is CCCN1CCC(Nc2ncnc3sc4c(c23)CC[C@@H](C)C4)CC1. The number of aromatic nitrogens is 2. The van der Waals surface area contributed by atoms with Crippen LogP contribution < -0.4 is 5.32 Å². The molecule has 1 fully saturated rings. The molecule has 4 rings (SSSR count). The molecule has 1 N–H and O–H groups in total. The van der Waals surface area contributed by atoms with E-state index in [0.717, 1.165) is 11.7 Å². The Bertz CT molecular complexity index is 703. The fourth-order valence-electron chi connectivity index (χ4n) is 4.20. The van der Waals surface area contributed by atoms with Gasteiger partial charge in [-0.3, -0.25) is 0 Å². The molecule has 2 aliphatic rings. The average molecular weight is 345 g/mol. The average Bonchev–Trinajstić information content (AvgIpc) is 2.95. The summed E-state index contributed by atoms with van der Waals surface area (Å²) in [6, 6.07) is 0.550. The van der Waals surface area contributed by atoms with Crippen molar-refractivity contribution in [3.05, 3.63) is 16.8 Å². The number of anilines is 1. The van der Waals surface area contributed by atoms with Crippen molar-refractivity contribution in [2.75, 3.05) is 25.0 Å². The Morgan fingerprint density at radius 2 is 2.08 bits per heavy atom. The minimum atomic E-state index is 0.550. The van der Waals surface area contributed by atoms with Crippen LogP contribution in [0.5, 0.6) is 0 Å². The number of hydrogen-bond donors (Lipinski definition) is 1. The molecule has 1 atom stereocenters. The summed E-state index contributed by atoms with van der Waals surface area (Å²) in [5.41, 5.74) is 1.53. The Balaban J connectivity index is 1.55. The summed E-state index contributed by atoms with van der Waals surface area (Å²) >= 11 is 1.89. The molecule has 0 unspecified atom stereocenters. The van der Waals surface area contributed by atoms with Gasteiger partial charge < -0.3 is 10.2 Å². The Kier molecular flexibility index (Phi) is 4.72. The van der Waals surface area contributed by atoms with E-state index in [4.69, 9.17) is 0 Å². The second-order valence-corrected chi connectivity index (χ2v) is 8.60. The minimum absolute atomic E-state index is 0.550. The topological polar surface area (TPSA) is 41.0 Å². The summed E-state index contributed by atoms with van der Waals surface area (Å²) in [6.07, 6.45) is 9.12. The molecule has 1 aliphatic heterocycles. The van der Waals surface area contributed by atoms with Gasteiger partial charge in [-0.25, -0.2) is 9.97 Å². The van der Waals surface area contributed by atoms with Crippen LogP contribution in [0.25, 0.3) is 10.2 Å². The van der Waals surface area contributed by atoms with E-state index in [1.807, 2.05) is 11.3 Å². The van der Waals surface area contributed by atoms with Gasteiger partial charge in [-0.05, 0) is 56.6 Å². The highest BCUT2D eigenvalue weighted by Crippen LogP contribution is 2.39. The smallest absolute Gasteiger partial charge is 0.138 e. The van der Waals surface area contributed by atoms with Crippen molar-refractivity contribution in [3.63, 3.8) is 0 Å². The van der Waals surface area contributed by atoms with E-state index in [0.29, 0.717) is 6.04 Å². The molecule has 130 valence electrons. The van der Waals surface area contributed by atoms with Crippen LogP contribution in [0.1, 0.15) is 50.0 Å². The first kappa shape index (κ1) is 16.3. The molecular weight excluding hydrogens is 316 g/mol. The Morgan fingerprint density at radius 1 is 1.25 bits per heavy atom. The van der Waals surface area contributed by atoms with Gasteiger partial charge in [-0.2, -0.15) is 0 Å². The van der Waals surface area contributed by atoms with E-state index in [1.165, 1.54) is 73.9 Å². The van der Waals surface area contributed by atoms with E-state index in [2.05, 4.69) is 34.0 Å². The fourth-order valence-corrected chi connectivity index (χ4v) is 5.55. The van der Waals surface area contributed by atoms with Crippen LogP contribution in [0.15, 0.2) is 6.33 Å². The molecule has 0 aromatic carbocycles. The molecule has 24 heavy (non-hydrogen) atoms. The molecular formula is C19H28N4S. The van der Waals surface area contributed by atoms with Crippen LogP contribution in [0.2, 0.25) is 0 Å². The molecule has 3 heterocycles. The fraction of sp³-hybridized carbons (Fsp3) is 0.684. The number of thiophene rings is 1. The van der Waals surface area contributed by atoms with Gasteiger partial charge in [0.15, 0.2) is 0 Å². The first-order valence-electron chi connectivity index (χ1n) is 9.48. The molecule has 1 aliphatic carbocycles. The van der Waals surface area contributed by atoms with Crippen LogP contribution in [-0.4, -0.2) is 40.5 Å². The summed E-state index contributed by atoms with van der Waals surface area (Å²) in [5.74, 6) is 1.89. The third kappa shape index (κ3) is 3.16. The molecule has 0 spiro atoms. The molecule has 5 heteroatoms. The van der Waals surface area contributed by atoms with Crippen molar-refractivity contribution in [3.8, 4) is 0 Å². The number of fused-ring (bicyclic) bond motifs is 3. The van der Waals surface area contributed by atoms with Gasteiger partial charge in [0.05, 0.1) is 5.39 Å². The predicted octanol–water partition coefficient (Wildman–Crippen LogP) is 4.10. The van der Waals surface area contributed by atoms with E-state index in [-0.39, 0.29) is 0 Å². The Hall–Kier alpha value is -1.20. The van der Waals surface area contributed by atoms with Crippen LogP contribution >= 0.6 is 11.3 Å². The molecule has 2 aromatic heterocycles. The number of piperidine rings is 1. The van der Waals surface area contributed by atoms with Crippen LogP contribution in [-0.2, 0) is 12.8 Å². The minimum Gasteiger partial charge on any atom is -0.367 e. The van der Waals surface area contributed by atoms with Crippen LogP contribution in [0.3, 0.4) is 0 Å². The lowest BCUT2D eigenvalue weighted by atomic mass is 9.89. The molecule has 0 amide bonds. The van der Waals surface area contributed by atoms with E-state index < -0.39 is 0 Å². The summed E-state index contributed by atoms with van der Waals surface area (Å²) in [5, 5.41) is 5.08. The summed E-state index contributed by atoms with van der Waals surface area (Å²) in [7, 11) is 0. The first-order chi connectivity index (χ1) is 11.7. The third-order valence-electron chi connectivity index (χ3n) is 5.56. The lowest BCUT2D eigenvalue weighted by Crippen LogP contribution is -2.39. The quantitative estimate of drug-likeness (QED) is 0.906. The van der Waals surface area contributed by atoms with E-state index in [1.54, 1.807) is 11.2 Å². The number of likely N-dealkylation sites (tertiary alicyclic amines) is 1. The molecule has 0 radical (unpaired) electrons. The monoisotopic (exact) mass is 344 g/mol. The second-order valence-electron chi connectivity index (χ2n) is 7.51. The van der Waals surface area contributed by atoms with E-state index >= 15 is 0 Å². The van der Waals surface area contributed by atoms with Crippen LogP contribution in [0.4, 0.5) is 5.82 Å². The maximum absolute atomic E-state index is 4.63. The number of nitrogens with one attached hydrogen (secondary N) is 1. The lowest BCUT2D eigenvalue weighted by molar-refractivity contribution is 0.219. The van der Waals surface area contributed by atoms with Crippen molar-refractivity contribution in [2.24, 2.45) is 5.92 Å². The first-order valence-corrected chi connectivity index (χ1v) is 10.3. The van der Waals surface area contributed by atoms with Gasteiger partial charge in [-0.1, -0.05) is 13.8 Å². The zero-order valence-corrected chi connectivity index (χ0v) is 15.7. The Morgan fingerprint density at radius 3 is 2.88 bits per heavy atom. The number of aryl methyl sites for hydroxylation is 1. The van der Waals surface area contributed by atoms with Gasteiger partial charge in [0.1, 0.15) is 17.0 Å². The van der Waals surface area contributed by atoms with Crippen molar-refractivity contribution in [2.45, 2.75) is 58.4 Å². The van der Waals surface area contributed by atoms with Crippen molar-refractivity contribution >= 4 is 27.4 Å². The second kappa shape index (κ2) is 6.96. The highest BCUT2D eigenvalue weighted by atomic mass is 32.1. The zero-order chi connectivity index (χ0) is 16.5. The summed E-state index contributed by atoms with van der Waals surface area (Å²) < 4.78 is 0. The lowest BCUT2D eigenvalue weighted by Gasteiger charge is -2.32. The van der Waals surface area contributed by atoms with Gasteiger partial charge in [0, 0.05) is 24.0 Å². The highest BCUT2D eigenvalue weighted by Gasteiger charge is 2.25. The van der Waals surface area contributed by atoms with Gasteiger partial charge >= 0.3 is 0 Å². The molecule has 1 saturated heterocycles. The molecule has 2 aromatic rings. The van der Waals surface area contributed by atoms with Gasteiger partial charge in [0.2, 0.25) is 0 Å². The maximum Gasteiger partial charge on any atom is 0.138 e. The number of rotatable bonds is 4. The predicted molar refractivity (Wildman–Crippen MR) is 102 cm³/mol. The molecule has 4 nitrogen and oxygen atoms in total. The molecule has 0 saturated carbocycles. The van der Waals surface area contributed by atoms with Crippen molar-refractivity contribution in [1.82, 2.24) is 14.9 Å². The maximum atomic E-state index is 4.63. The zero-order valence-electron chi connectivity index (χ0n) is 14.8. The molecule has 0 bridgehead atoms. The summed E-state index contributed by atoms with van der Waals surface area (Å²) in [4.78, 5) is 14.5.